The Balaban J connectivity index is 1.86. The molecule has 3 rings (SSSR count). The maximum absolute atomic E-state index is 5.79. The Morgan fingerprint density at radius 3 is 2.00 bits per heavy atom. The number of nitrogen functional groups attached to an aromatic ring is 2. The van der Waals surface area contributed by atoms with E-state index in [2.05, 4.69) is 4.98 Å². The number of ether oxygens (including phenoxy) is 2. The van der Waals surface area contributed by atoms with Crippen LogP contribution < -0.4 is 20.9 Å². The van der Waals surface area contributed by atoms with Crippen LogP contribution in [0.1, 0.15) is 0 Å². The fourth-order valence-electron chi connectivity index (χ4n) is 1.93. The van der Waals surface area contributed by atoms with Crippen molar-refractivity contribution in [3.05, 3.63) is 66.9 Å². The van der Waals surface area contributed by atoms with E-state index in [4.69, 9.17) is 20.9 Å². The first-order chi connectivity index (χ1) is 10.7. The first-order valence-corrected chi connectivity index (χ1v) is 6.72. The molecule has 1 heterocycles. The molecule has 0 bridgehead atoms. The second-order valence-corrected chi connectivity index (χ2v) is 4.66. The number of benzene rings is 2. The highest BCUT2D eigenvalue weighted by atomic mass is 16.5. The fraction of sp³-hybridized carbons (Fsp3) is 0. The Morgan fingerprint density at radius 1 is 0.727 bits per heavy atom. The van der Waals surface area contributed by atoms with Crippen LogP contribution in [0.4, 0.5) is 11.4 Å². The van der Waals surface area contributed by atoms with E-state index in [9.17, 15) is 0 Å². The van der Waals surface area contributed by atoms with Gasteiger partial charge in [-0.05, 0) is 36.4 Å². The minimum absolute atomic E-state index is 0.357. The third kappa shape index (κ3) is 3.27. The Labute approximate surface area is 128 Å². The summed E-state index contributed by atoms with van der Waals surface area (Å²) >= 11 is 0. The van der Waals surface area contributed by atoms with Gasteiger partial charge < -0.3 is 20.9 Å². The van der Waals surface area contributed by atoms with Gasteiger partial charge in [0.2, 0.25) is 0 Å². The van der Waals surface area contributed by atoms with Crippen molar-refractivity contribution >= 4 is 11.4 Å². The van der Waals surface area contributed by atoms with E-state index in [0.717, 1.165) is 0 Å². The van der Waals surface area contributed by atoms with Gasteiger partial charge in [0.15, 0.2) is 5.75 Å². The molecular weight excluding hydrogens is 278 g/mol. The zero-order chi connectivity index (χ0) is 15.4. The molecule has 3 aromatic rings. The highest BCUT2D eigenvalue weighted by Gasteiger charge is 2.09. The summed E-state index contributed by atoms with van der Waals surface area (Å²) in [7, 11) is 0. The lowest BCUT2D eigenvalue weighted by Gasteiger charge is -2.11. The van der Waals surface area contributed by atoms with Crippen LogP contribution in [-0.4, -0.2) is 4.98 Å². The Bertz CT molecular complexity index is 724. The minimum atomic E-state index is 0.357. The molecule has 0 aliphatic carbocycles. The highest BCUT2D eigenvalue weighted by molar-refractivity contribution is 5.48. The third-order valence-corrected chi connectivity index (χ3v) is 2.89. The van der Waals surface area contributed by atoms with Crippen LogP contribution in [0.5, 0.6) is 23.1 Å². The molecule has 0 saturated heterocycles. The third-order valence-electron chi connectivity index (χ3n) is 2.89. The number of pyridine rings is 1. The van der Waals surface area contributed by atoms with Gasteiger partial charge in [0.25, 0.3) is 5.88 Å². The lowest BCUT2D eigenvalue weighted by Crippen LogP contribution is -1.94. The van der Waals surface area contributed by atoms with E-state index in [1.807, 2.05) is 18.2 Å². The molecule has 0 unspecified atom stereocenters. The summed E-state index contributed by atoms with van der Waals surface area (Å²) in [5.74, 6) is 2.06. The molecule has 2 aromatic carbocycles. The molecule has 5 nitrogen and oxygen atoms in total. The Morgan fingerprint density at radius 2 is 1.36 bits per heavy atom. The first kappa shape index (κ1) is 13.8. The SMILES string of the molecule is Nc1cccc(Oc2cccnc2Oc2cccc(N)c2)c1. The van der Waals surface area contributed by atoms with Crippen LogP contribution in [0.15, 0.2) is 66.9 Å². The van der Waals surface area contributed by atoms with Crippen molar-refractivity contribution in [1.82, 2.24) is 4.98 Å². The number of aromatic nitrogens is 1. The number of anilines is 2. The number of hydrogen-bond acceptors (Lipinski definition) is 5. The van der Waals surface area contributed by atoms with Gasteiger partial charge in [0, 0.05) is 29.7 Å². The fourth-order valence-corrected chi connectivity index (χ4v) is 1.93. The Hall–Kier alpha value is -3.21. The molecule has 0 aliphatic rings. The molecule has 0 aliphatic heterocycles. The maximum atomic E-state index is 5.79. The first-order valence-electron chi connectivity index (χ1n) is 6.72. The number of nitrogens with two attached hydrogens (primary N) is 2. The molecule has 0 fully saturated rings. The van der Waals surface area contributed by atoms with Crippen molar-refractivity contribution in [3.63, 3.8) is 0 Å². The van der Waals surface area contributed by atoms with E-state index in [1.165, 1.54) is 0 Å². The average molecular weight is 293 g/mol. The molecule has 0 spiro atoms. The van der Waals surface area contributed by atoms with Gasteiger partial charge in [0.05, 0.1) is 0 Å². The van der Waals surface area contributed by atoms with Crippen molar-refractivity contribution in [1.29, 1.82) is 0 Å². The zero-order valence-corrected chi connectivity index (χ0v) is 11.8. The second kappa shape index (κ2) is 6.05. The van der Waals surface area contributed by atoms with Crippen LogP contribution in [0.25, 0.3) is 0 Å². The molecule has 110 valence electrons. The van der Waals surface area contributed by atoms with Crippen LogP contribution >= 0.6 is 0 Å². The summed E-state index contributed by atoms with van der Waals surface area (Å²) in [4.78, 5) is 4.20. The summed E-state index contributed by atoms with van der Waals surface area (Å²) in [5.41, 5.74) is 12.7. The standard InChI is InChI=1S/C17H15N3O2/c18-12-4-1-6-14(10-12)21-16-8-3-9-20-17(16)22-15-7-2-5-13(19)11-15/h1-11H,18-19H2. The number of hydrogen-bond donors (Lipinski definition) is 2. The summed E-state index contributed by atoms with van der Waals surface area (Å²) in [6.45, 7) is 0. The van der Waals surface area contributed by atoms with Gasteiger partial charge in [-0.2, -0.15) is 0 Å². The summed E-state index contributed by atoms with van der Waals surface area (Å²) in [6, 6.07) is 17.8. The molecule has 1 aromatic heterocycles. The van der Waals surface area contributed by atoms with Crippen molar-refractivity contribution in [3.8, 4) is 23.1 Å². The monoisotopic (exact) mass is 293 g/mol. The molecule has 5 heteroatoms. The van der Waals surface area contributed by atoms with Gasteiger partial charge in [-0.25, -0.2) is 4.98 Å². The molecule has 0 atom stereocenters. The largest absolute Gasteiger partial charge is 0.452 e. The van der Waals surface area contributed by atoms with Gasteiger partial charge >= 0.3 is 0 Å². The highest BCUT2D eigenvalue weighted by Crippen LogP contribution is 2.33. The van der Waals surface area contributed by atoms with Crippen LogP contribution in [0, 0.1) is 0 Å². The maximum Gasteiger partial charge on any atom is 0.263 e. The van der Waals surface area contributed by atoms with Gasteiger partial charge in [0.1, 0.15) is 11.5 Å². The van der Waals surface area contributed by atoms with E-state index >= 15 is 0 Å². The summed E-state index contributed by atoms with van der Waals surface area (Å²) < 4.78 is 11.5. The number of rotatable bonds is 4. The van der Waals surface area contributed by atoms with Crippen molar-refractivity contribution in [2.45, 2.75) is 0 Å². The van der Waals surface area contributed by atoms with Crippen molar-refractivity contribution < 1.29 is 9.47 Å². The lowest BCUT2D eigenvalue weighted by molar-refractivity contribution is 0.405. The van der Waals surface area contributed by atoms with Crippen LogP contribution in [0.2, 0.25) is 0 Å². The molecular formula is C17H15N3O2. The molecule has 0 amide bonds. The summed E-state index contributed by atoms with van der Waals surface area (Å²) in [5, 5.41) is 0. The van der Waals surface area contributed by atoms with Crippen molar-refractivity contribution in [2.75, 3.05) is 11.5 Å². The lowest BCUT2D eigenvalue weighted by atomic mass is 10.3. The predicted molar refractivity (Wildman–Crippen MR) is 86.1 cm³/mol. The second-order valence-electron chi connectivity index (χ2n) is 4.66. The smallest absolute Gasteiger partial charge is 0.263 e. The van der Waals surface area contributed by atoms with E-state index in [0.29, 0.717) is 34.5 Å². The molecule has 22 heavy (non-hydrogen) atoms. The van der Waals surface area contributed by atoms with Gasteiger partial charge in [-0.15, -0.1) is 0 Å². The molecule has 0 saturated carbocycles. The van der Waals surface area contributed by atoms with Crippen molar-refractivity contribution in [2.24, 2.45) is 0 Å². The van der Waals surface area contributed by atoms with E-state index < -0.39 is 0 Å². The normalized spacial score (nSPS) is 10.2. The Kier molecular flexibility index (Phi) is 3.78. The molecule has 4 N–H and O–H groups in total. The van der Waals surface area contributed by atoms with Gasteiger partial charge in [-0.1, -0.05) is 12.1 Å². The average Bonchev–Trinajstić information content (AvgIpc) is 2.49. The van der Waals surface area contributed by atoms with Crippen LogP contribution in [-0.2, 0) is 0 Å². The quantitative estimate of drug-likeness (QED) is 0.714. The minimum Gasteiger partial charge on any atom is -0.452 e. The van der Waals surface area contributed by atoms with E-state index in [1.54, 1.807) is 48.7 Å². The van der Waals surface area contributed by atoms with Gasteiger partial charge in [-0.3, -0.25) is 0 Å². The van der Waals surface area contributed by atoms with E-state index in [-0.39, 0.29) is 0 Å². The van der Waals surface area contributed by atoms with Crippen LogP contribution in [0.3, 0.4) is 0 Å². The summed E-state index contributed by atoms with van der Waals surface area (Å²) in [6.07, 6.45) is 1.63. The zero-order valence-electron chi connectivity index (χ0n) is 11.8. The number of nitrogens with zero attached hydrogens (tertiary/aromatic N) is 1. The molecule has 0 radical (unpaired) electrons. The predicted octanol–water partition coefficient (Wildman–Crippen LogP) is 3.83. The topological polar surface area (TPSA) is 83.4 Å².